The second-order valence-electron chi connectivity index (χ2n) is 7.70. The average Bonchev–Trinajstić information content (AvgIpc) is 2.87. The van der Waals surface area contributed by atoms with Crippen LogP contribution in [0.5, 0.6) is 11.5 Å². The topological polar surface area (TPSA) is 77.5 Å². The molecule has 0 atom stereocenters. The van der Waals surface area contributed by atoms with E-state index >= 15 is 0 Å². The number of aromatic nitrogens is 1. The number of nitrogens with one attached hydrogen (secondary N) is 1. The summed E-state index contributed by atoms with van der Waals surface area (Å²) in [5.74, 6) is 0.373. The molecule has 0 spiro atoms. The molecule has 4 aromatic rings. The van der Waals surface area contributed by atoms with Crippen LogP contribution in [0, 0.1) is 0 Å². The monoisotopic (exact) mass is 486 g/mol. The Morgan fingerprint density at radius 1 is 0.743 bits per heavy atom. The fourth-order valence-electron chi connectivity index (χ4n) is 3.30. The lowest BCUT2D eigenvalue weighted by Crippen LogP contribution is -2.17. The molecular weight excluding hydrogens is 464 g/mol. The van der Waals surface area contributed by atoms with Crippen LogP contribution in [0.1, 0.15) is 27.9 Å². The van der Waals surface area contributed by atoms with Gasteiger partial charge >= 0.3 is 0 Å². The van der Waals surface area contributed by atoms with Crippen molar-refractivity contribution in [2.24, 2.45) is 0 Å². The highest BCUT2D eigenvalue weighted by Gasteiger charge is 2.16. The smallest absolute Gasteiger partial charge is 0.233 e. The fraction of sp³-hybridized carbons (Fsp3) is 0.107. The van der Waals surface area contributed by atoms with Crippen molar-refractivity contribution in [3.8, 4) is 11.5 Å². The molecule has 3 aromatic carbocycles. The lowest BCUT2D eigenvalue weighted by molar-refractivity contribution is -0.115. The summed E-state index contributed by atoms with van der Waals surface area (Å²) in [6.07, 6.45) is -0.351. The Morgan fingerprint density at radius 3 is 2.00 bits per heavy atom. The number of ketones is 1. The molecule has 7 heteroatoms. The van der Waals surface area contributed by atoms with Crippen LogP contribution in [0.25, 0.3) is 0 Å². The third kappa shape index (κ3) is 7.16. The Bertz CT molecular complexity index is 1300. The van der Waals surface area contributed by atoms with Crippen LogP contribution in [0.2, 0.25) is 5.15 Å². The van der Waals surface area contributed by atoms with Crippen molar-refractivity contribution < 1.29 is 19.1 Å². The summed E-state index contributed by atoms with van der Waals surface area (Å²) in [6, 6.07) is 29.2. The van der Waals surface area contributed by atoms with Gasteiger partial charge in [0.15, 0.2) is 17.3 Å². The van der Waals surface area contributed by atoms with Crippen LogP contribution in [-0.2, 0) is 18.0 Å². The van der Waals surface area contributed by atoms with Crippen molar-refractivity contribution in [2.45, 2.75) is 19.6 Å². The van der Waals surface area contributed by atoms with Gasteiger partial charge in [-0.25, -0.2) is 4.98 Å². The molecule has 35 heavy (non-hydrogen) atoms. The minimum Gasteiger partial charge on any atom is -0.485 e. The van der Waals surface area contributed by atoms with E-state index in [9.17, 15) is 9.59 Å². The van der Waals surface area contributed by atoms with Gasteiger partial charge < -0.3 is 14.8 Å². The Morgan fingerprint density at radius 2 is 1.37 bits per heavy atom. The number of halogens is 1. The first-order valence-corrected chi connectivity index (χ1v) is 11.4. The van der Waals surface area contributed by atoms with Gasteiger partial charge in [0.1, 0.15) is 24.2 Å². The van der Waals surface area contributed by atoms with Gasteiger partial charge in [0.25, 0.3) is 0 Å². The second-order valence-corrected chi connectivity index (χ2v) is 8.09. The SMILES string of the molecule is O=C(CC(=O)c1ccc(OCc2ccccc2)c(OCc2ccccc2)c1)Nc1cccc(Cl)n1. The minimum absolute atomic E-state index is 0.250. The van der Waals surface area contributed by atoms with Crippen molar-refractivity contribution in [1.29, 1.82) is 0 Å². The van der Waals surface area contributed by atoms with Crippen LogP contribution in [0.4, 0.5) is 5.82 Å². The first-order chi connectivity index (χ1) is 17.1. The number of hydrogen-bond acceptors (Lipinski definition) is 5. The molecule has 176 valence electrons. The summed E-state index contributed by atoms with van der Waals surface area (Å²) in [5, 5.41) is 2.83. The van der Waals surface area contributed by atoms with Gasteiger partial charge in [-0.05, 0) is 41.5 Å². The molecule has 0 radical (unpaired) electrons. The zero-order valence-electron chi connectivity index (χ0n) is 18.8. The summed E-state index contributed by atoms with van der Waals surface area (Å²) >= 11 is 5.85. The van der Waals surface area contributed by atoms with E-state index in [0.717, 1.165) is 11.1 Å². The maximum atomic E-state index is 12.8. The highest BCUT2D eigenvalue weighted by atomic mass is 35.5. The normalized spacial score (nSPS) is 10.4. The van der Waals surface area contributed by atoms with E-state index in [4.69, 9.17) is 21.1 Å². The molecule has 0 aliphatic heterocycles. The van der Waals surface area contributed by atoms with E-state index < -0.39 is 5.91 Å². The summed E-state index contributed by atoms with van der Waals surface area (Å²) in [7, 11) is 0. The lowest BCUT2D eigenvalue weighted by atomic mass is 10.1. The number of carbonyl (C=O) groups excluding carboxylic acids is 2. The number of hydrogen-bond donors (Lipinski definition) is 1. The number of Topliss-reactive ketones (excluding diaryl/α,β-unsaturated/α-hetero) is 1. The maximum Gasteiger partial charge on any atom is 0.233 e. The van der Waals surface area contributed by atoms with Crippen molar-refractivity contribution in [3.05, 3.63) is 119 Å². The molecule has 6 nitrogen and oxygen atoms in total. The zero-order valence-corrected chi connectivity index (χ0v) is 19.6. The summed E-state index contributed by atoms with van der Waals surface area (Å²) in [4.78, 5) is 29.2. The minimum atomic E-state index is -0.485. The quantitative estimate of drug-likeness (QED) is 0.166. The predicted molar refractivity (Wildman–Crippen MR) is 135 cm³/mol. The van der Waals surface area contributed by atoms with E-state index in [0.29, 0.717) is 30.3 Å². The largest absolute Gasteiger partial charge is 0.485 e. The molecule has 1 amide bonds. The van der Waals surface area contributed by atoms with E-state index in [1.807, 2.05) is 60.7 Å². The number of ether oxygens (including phenoxy) is 2. The Hall–Kier alpha value is -4.16. The number of pyridine rings is 1. The van der Waals surface area contributed by atoms with Crippen LogP contribution in [0.3, 0.4) is 0 Å². The van der Waals surface area contributed by atoms with Gasteiger partial charge in [-0.1, -0.05) is 78.3 Å². The lowest BCUT2D eigenvalue weighted by Gasteiger charge is -2.14. The molecule has 4 rings (SSSR count). The number of anilines is 1. The van der Waals surface area contributed by atoms with Gasteiger partial charge in [0, 0.05) is 5.56 Å². The van der Waals surface area contributed by atoms with Gasteiger partial charge in [-0.2, -0.15) is 0 Å². The predicted octanol–water partition coefficient (Wildman–Crippen LogP) is 6.10. The van der Waals surface area contributed by atoms with Crippen molar-refractivity contribution in [2.75, 3.05) is 5.32 Å². The standard InChI is InChI=1S/C28H23ClN2O4/c29-26-12-7-13-27(30-26)31-28(33)17-23(32)22-14-15-24(34-18-20-8-3-1-4-9-20)25(16-22)35-19-21-10-5-2-6-11-21/h1-16H,17-19H2,(H,30,31,33). The average molecular weight is 487 g/mol. The van der Waals surface area contributed by atoms with Crippen LogP contribution in [-0.4, -0.2) is 16.7 Å². The van der Waals surface area contributed by atoms with Gasteiger partial charge in [0.2, 0.25) is 5.91 Å². The summed E-state index contributed by atoms with van der Waals surface area (Å²) in [6.45, 7) is 0.659. The van der Waals surface area contributed by atoms with E-state index in [1.165, 1.54) is 0 Å². The molecule has 1 aromatic heterocycles. The molecule has 0 unspecified atom stereocenters. The fourth-order valence-corrected chi connectivity index (χ4v) is 3.46. The number of carbonyl (C=O) groups is 2. The van der Waals surface area contributed by atoms with Crippen LogP contribution < -0.4 is 14.8 Å². The molecule has 0 bridgehead atoms. The first-order valence-electron chi connectivity index (χ1n) is 11.0. The molecule has 0 saturated heterocycles. The van der Waals surface area contributed by atoms with Crippen molar-refractivity contribution in [1.82, 2.24) is 4.98 Å². The molecule has 1 N–H and O–H groups in total. The molecule has 0 saturated carbocycles. The molecule has 0 aliphatic carbocycles. The Balaban J connectivity index is 1.47. The van der Waals surface area contributed by atoms with E-state index in [1.54, 1.807) is 36.4 Å². The Kier molecular flexibility index (Phi) is 8.09. The number of nitrogens with zero attached hydrogens (tertiary/aromatic N) is 1. The van der Waals surface area contributed by atoms with Crippen LogP contribution in [0.15, 0.2) is 97.1 Å². The number of benzene rings is 3. The number of amides is 1. The third-order valence-electron chi connectivity index (χ3n) is 5.04. The van der Waals surface area contributed by atoms with Crippen LogP contribution >= 0.6 is 11.6 Å². The number of rotatable bonds is 10. The first kappa shape index (κ1) is 24.0. The van der Waals surface area contributed by atoms with E-state index in [-0.39, 0.29) is 23.2 Å². The van der Waals surface area contributed by atoms with Gasteiger partial charge in [-0.3, -0.25) is 9.59 Å². The highest BCUT2D eigenvalue weighted by molar-refractivity contribution is 6.29. The molecule has 0 aliphatic rings. The molecular formula is C28H23ClN2O4. The maximum absolute atomic E-state index is 12.8. The zero-order chi connectivity index (χ0) is 24.5. The highest BCUT2D eigenvalue weighted by Crippen LogP contribution is 2.30. The van der Waals surface area contributed by atoms with Crippen molar-refractivity contribution in [3.63, 3.8) is 0 Å². The summed E-state index contributed by atoms with van der Waals surface area (Å²) < 4.78 is 12.0. The molecule has 0 fully saturated rings. The van der Waals surface area contributed by atoms with Gasteiger partial charge in [-0.15, -0.1) is 0 Å². The second kappa shape index (κ2) is 11.8. The molecule has 1 heterocycles. The van der Waals surface area contributed by atoms with E-state index in [2.05, 4.69) is 10.3 Å². The Labute approximate surface area is 208 Å². The third-order valence-corrected chi connectivity index (χ3v) is 5.25. The van der Waals surface area contributed by atoms with Gasteiger partial charge in [0.05, 0.1) is 6.42 Å². The van der Waals surface area contributed by atoms with Crippen molar-refractivity contribution >= 4 is 29.1 Å². The summed E-state index contributed by atoms with van der Waals surface area (Å²) in [5.41, 5.74) is 2.33.